The first-order valence-electron chi connectivity index (χ1n) is 6.24. The number of rotatable bonds is 4. The summed E-state index contributed by atoms with van der Waals surface area (Å²) in [5.41, 5.74) is 0.267. The van der Waals surface area contributed by atoms with Gasteiger partial charge in [0.2, 0.25) is 0 Å². The van der Waals surface area contributed by atoms with Crippen LogP contribution in [0.15, 0.2) is 4.52 Å². The predicted octanol–water partition coefficient (Wildman–Crippen LogP) is 3.99. The Labute approximate surface area is 110 Å². The topological polar surface area (TPSA) is 52.3 Å². The molecule has 0 aliphatic rings. The summed E-state index contributed by atoms with van der Waals surface area (Å²) < 4.78 is 11.4. The van der Waals surface area contributed by atoms with Gasteiger partial charge in [0.1, 0.15) is 0 Å². The van der Waals surface area contributed by atoms with Crippen LogP contribution in [0.2, 0.25) is 18.1 Å². The highest BCUT2D eigenvalue weighted by Crippen LogP contribution is 2.40. The van der Waals surface area contributed by atoms with Crippen LogP contribution in [0.1, 0.15) is 56.8 Å². The molecule has 0 N–H and O–H groups in total. The largest absolute Gasteiger partial charge is 0.540 e. The van der Waals surface area contributed by atoms with Crippen molar-refractivity contribution in [3.05, 3.63) is 11.5 Å². The molecule has 0 saturated heterocycles. The van der Waals surface area contributed by atoms with Crippen molar-refractivity contribution in [2.75, 3.05) is 0 Å². The van der Waals surface area contributed by atoms with E-state index in [9.17, 15) is 4.79 Å². The van der Waals surface area contributed by atoms with Gasteiger partial charge in [-0.3, -0.25) is 4.79 Å². The Kier molecular flexibility index (Phi) is 4.05. The van der Waals surface area contributed by atoms with Crippen LogP contribution in [0, 0.1) is 0 Å². The first kappa shape index (κ1) is 15.0. The molecule has 0 bridgehead atoms. The second-order valence-corrected chi connectivity index (χ2v) is 11.1. The lowest BCUT2D eigenvalue weighted by molar-refractivity contribution is 0.111. The smallest absolute Gasteiger partial charge is 0.250 e. The Hall–Kier alpha value is -1.10. The lowest BCUT2D eigenvalue weighted by Crippen LogP contribution is -2.44. The molecule has 0 aliphatic carbocycles. The Balaban J connectivity index is 3.17. The molecule has 0 aromatic carbocycles. The molecule has 102 valence electrons. The van der Waals surface area contributed by atoms with E-state index >= 15 is 0 Å². The molecule has 0 amide bonds. The Morgan fingerprint density at radius 3 is 2.28 bits per heavy atom. The van der Waals surface area contributed by atoms with Crippen molar-refractivity contribution in [1.29, 1.82) is 0 Å². The van der Waals surface area contributed by atoms with Gasteiger partial charge >= 0.3 is 0 Å². The van der Waals surface area contributed by atoms with Gasteiger partial charge in [0, 0.05) is 5.92 Å². The molecule has 1 aromatic rings. The first-order valence-corrected chi connectivity index (χ1v) is 9.14. The number of aromatic nitrogens is 1. The lowest BCUT2D eigenvalue weighted by Gasteiger charge is -2.36. The van der Waals surface area contributed by atoms with Crippen molar-refractivity contribution in [1.82, 2.24) is 5.16 Å². The number of hydrogen-bond donors (Lipinski definition) is 0. The van der Waals surface area contributed by atoms with Gasteiger partial charge in [0.15, 0.2) is 23.5 Å². The number of hydrogen-bond acceptors (Lipinski definition) is 4. The van der Waals surface area contributed by atoms with Gasteiger partial charge in [-0.1, -0.05) is 39.8 Å². The predicted molar refractivity (Wildman–Crippen MR) is 73.8 cm³/mol. The van der Waals surface area contributed by atoms with Crippen molar-refractivity contribution < 1.29 is 13.7 Å². The minimum atomic E-state index is -1.99. The van der Waals surface area contributed by atoms with Crippen molar-refractivity contribution in [3.63, 3.8) is 0 Å². The number of carbonyl (C=O) groups is 1. The molecule has 1 aromatic heterocycles. The average Bonchev–Trinajstić information content (AvgIpc) is 2.58. The second-order valence-electron chi connectivity index (χ2n) is 6.40. The fourth-order valence-electron chi connectivity index (χ4n) is 1.26. The van der Waals surface area contributed by atoms with Gasteiger partial charge in [0.25, 0.3) is 8.32 Å². The maximum Gasteiger partial charge on any atom is 0.250 e. The fraction of sp³-hybridized carbons (Fsp3) is 0.692. The van der Waals surface area contributed by atoms with Crippen molar-refractivity contribution in [3.8, 4) is 5.75 Å². The van der Waals surface area contributed by atoms with E-state index in [1.807, 2.05) is 13.8 Å². The Bertz CT molecular complexity index is 430. The van der Waals surface area contributed by atoms with Crippen LogP contribution in [0.25, 0.3) is 0 Å². The normalized spacial score (nSPS) is 12.9. The van der Waals surface area contributed by atoms with E-state index in [-0.39, 0.29) is 16.7 Å². The highest BCUT2D eigenvalue weighted by atomic mass is 28.4. The average molecular weight is 269 g/mol. The fourth-order valence-corrected chi connectivity index (χ4v) is 2.28. The van der Waals surface area contributed by atoms with Crippen LogP contribution >= 0.6 is 0 Å². The summed E-state index contributed by atoms with van der Waals surface area (Å²) in [5, 5.41) is 3.84. The van der Waals surface area contributed by atoms with E-state index in [1.165, 1.54) is 0 Å². The molecule has 1 rings (SSSR count). The third-order valence-corrected chi connectivity index (χ3v) is 7.82. The molecule has 5 heteroatoms. The molecular weight excluding hydrogens is 246 g/mol. The monoisotopic (exact) mass is 269 g/mol. The second kappa shape index (κ2) is 4.88. The van der Waals surface area contributed by atoms with Gasteiger partial charge in [0.05, 0.1) is 0 Å². The third-order valence-electron chi connectivity index (χ3n) is 3.50. The highest BCUT2D eigenvalue weighted by Gasteiger charge is 2.41. The zero-order chi connectivity index (χ0) is 14.1. The van der Waals surface area contributed by atoms with E-state index in [2.05, 4.69) is 39.0 Å². The first-order chi connectivity index (χ1) is 8.10. The van der Waals surface area contributed by atoms with E-state index in [4.69, 9.17) is 8.95 Å². The Morgan fingerprint density at radius 2 is 1.89 bits per heavy atom. The summed E-state index contributed by atoms with van der Waals surface area (Å²) >= 11 is 0. The molecule has 0 aliphatic heterocycles. The zero-order valence-corrected chi connectivity index (χ0v) is 13.3. The SMILES string of the molecule is CC(C)c1onc(C=O)c1O[Si](C)(C)C(C)(C)C. The van der Waals surface area contributed by atoms with E-state index < -0.39 is 8.32 Å². The van der Waals surface area contributed by atoms with Crippen molar-refractivity contribution >= 4 is 14.6 Å². The van der Waals surface area contributed by atoms with E-state index in [1.54, 1.807) is 0 Å². The van der Waals surface area contributed by atoms with Crippen LogP contribution in [0.3, 0.4) is 0 Å². The molecule has 0 fully saturated rings. The summed E-state index contributed by atoms with van der Waals surface area (Å²) in [6.07, 6.45) is 0.692. The molecule has 0 atom stereocenters. The molecular formula is C13H23NO3Si. The van der Waals surface area contributed by atoms with Crippen molar-refractivity contribution in [2.45, 2.75) is 58.7 Å². The summed E-state index contributed by atoms with van der Waals surface area (Å²) in [5.74, 6) is 1.33. The van der Waals surface area contributed by atoms with Crippen LogP contribution in [-0.2, 0) is 0 Å². The summed E-state index contributed by atoms with van der Waals surface area (Å²) in [6, 6.07) is 0. The van der Waals surface area contributed by atoms with E-state index in [0.29, 0.717) is 17.8 Å². The van der Waals surface area contributed by atoms with Gasteiger partial charge in [-0.15, -0.1) is 0 Å². The minimum Gasteiger partial charge on any atom is -0.540 e. The highest BCUT2D eigenvalue weighted by molar-refractivity contribution is 6.74. The summed E-state index contributed by atoms with van der Waals surface area (Å²) in [4.78, 5) is 11.0. The van der Waals surface area contributed by atoms with Crippen molar-refractivity contribution in [2.24, 2.45) is 0 Å². The van der Waals surface area contributed by atoms with Crippen LogP contribution in [0.5, 0.6) is 5.75 Å². The van der Waals surface area contributed by atoms with Gasteiger partial charge in [-0.2, -0.15) is 0 Å². The maximum atomic E-state index is 11.0. The molecule has 18 heavy (non-hydrogen) atoms. The quantitative estimate of drug-likeness (QED) is 0.612. The van der Waals surface area contributed by atoms with Gasteiger partial charge in [-0.25, -0.2) is 0 Å². The summed E-state index contributed by atoms with van der Waals surface area (Å²) in [7, 11) is -1.99. The molecule has 1 heterocycles. The standard InChI is InChI=1S/C13H23NO3Si/c1-9(2)11-12(10(8-15)14-16-11)17-18(6,7)13(3,4)5/h8-9H,1-7H3. The minimum absolute atomic E-state index is 0.0681. The summed E-state index contributed by atoms with van der Waals surface area (Å²) in [6.45, 7) is 14.7. The van der Waals surface area contributed by atoms with Gasteiger partial charge < -0.3 is 8.95 Å². The number of carbonyl (C=O) groups excluding carboxylic acids is 1. The van der Waals surface area contributed by atoms with Crippen LogP contribution in [-0.4, -0.2) is 19.8 Å². The molecule has 0 radical (unpaired) electrons. The lowest BCUT2D eigenvalue weighted by atomic mass is 10.1. The number of nitrogens with zero attached hydrogens (tertiary/aromatic N) is 1. The van der Waals surface area contributed by atoms with E-state index in [0.717, 1.165) is 0 Å². The molecule has 4 nitrogen and oxygen atoms in total. The molecule has 0 unspecified atom stereocenters. The van der Waals surface area contributed by atoms with Gasteiger partial charge in [-0.05, 0) is 18.1 Å². The number of aldehydes is 1. The molecule has 0 saturated carbocycles. The maximum absolute atomic E-state index is 11.0. The van der Waals surface area contributed by atoms with Crippen LogP contribution in [0.4, 0.5) is 0 Å². The molecule has 0 spiro atoms. The Morgan fingerprint density at radius 1 is 1.33 bits per heavy atom. The zero-order valence-electron chi connectivity index (χ0n) is 12.3. The third kappa shape index (κ3) is 2.83. The van der Waals surface area contributed by atoms with Crippen LogP contribution < -0.4 is 4.43 Å².